The van der Waals surface area contributed by atoms with Gasteiger partial charge >= 0.3 is 9.24 Å². The molecule has 0 unspecified atom stereocenters. The fraction of sp³-hybridized carbons (Fsp3) is 0. The van der Waals surface area contributed by atoms with Crippen LogP contribution in [0, 0.1) is 0 Å². The van der Waals surface area contributed by atoms with Gasteiger partial charge in [-0.15, -0.1) is 15.7 Å². The summed E-state index contributed by atoms with van der Waals surface area (Å²) < 4.78 is 27.4. The Hall–Kier alpha value is -1.95. The van der Waals surface area contributed by atoms with Crippen LogP contribution in [0.2, 0.25) is 0 Å². The van der Waals surface area contributed by atoms with Gasteiger partial charge in [-0.1, -0.05) is 48.5 Å². The highest BCUT2D eigenvalue weighted by molar-refractivity contribution is 8.12. The maximum Gasteiger partial charge on any atom is 0.340 e. The smallest absolute Gasteiger partial charge is 0.187 e. The monoisotopic (exact) mass is 359 g/mol. The Morgan fingerprint density at radius 2 is 1.74 bits per heavy atom. The van der Waals surface area contributed by atoms with E-state index < -0.39 is 9.24 Å². The molecule has 0 radical (unpaired) electrons. The largest absolute Gasteiger partial charge is 0.340 e. The number of rotatable bonds is 2. The number of halogens is 1. The van der Waals surface area contributed by atoms with E-state index in [1.165, 1.54) is 0 Å². The van der Waals surface area contributed by atoms with E-state index in [2.05, 4.69) is 16.5 Å². The number of hydrogen-bond acceptors (Lipinski definition) is 3. The van der Waals surface area contributed by atoms with E-state index >= 15 is 0 Å². The van der Waals surface area contributed by atoms with Crippen LogP contribution in [0.15, 0.2) is 59.0 Å². The Morgan fingerprint density at radius 3 is 2.48 bits per heavy atom. The first-order valence-electron chi connectivity index (χ1n) is 6.87. The van der Waals surface area contributed by atoms with Crippen molar-refractivity contribution < 1.29 is 8.42 Å². The minimum atomic E-state index is -3.96. The summed E-state index contributed by atoms with van der Waals surface area (Å²) in [6.07, 6.45) is 3.62. The van der Waals surface area contributed by atoms with Crippen LogP contribution < -0.4 is 0 Å². The van der Waals surface area contributed by atoms with Crippen LogP contribution in [0.3, 0.4) is 0 Å². The predicted octanol–water partition coefficient (Wildman–Crippen LogP) is 4.87. The van der Waals surface area contributed by atoms with Crippen molar-refractivity contribution >= 4 is 53.1 Å². The minimum Gasteiger partial charge on any atom is -0.187 e. The third-order valence-electron chi connectivity index (χ3n) is 3.68. The maximum absolute atomic E-state index is 11.3. The Labute approximate surface area is 142 Å². The van der Waals surface area contributed by atoms with Crippen molar-refractivity contribution in [3.05, 3.63) is 65.7 Å². The molecule has 2 aromatic carbocycles. The first kappa shape index (κ1) is 14.6. The molecule has 0 atom stereocenters. The zero-order chi connectivity index (χ0) is 16.0. The quantitative estimate of drug-likeness (QED) is 0.613. The summed E-state index contributed by atoms with van der Waals surface area (Å²) >= 11 is 1.69. The molecule has 23 heavy (non-hydrogen) atoms. The molecule has 3 aromatic rings. The molecule has 114 valence electrons. The van der Waals surface area contributed by atoms with Crippen molar-refractivity contribution in [3.8, 4) is 10.4 Å². The Balaban J connectivity index is 2.03. The Kier molecular flexibility index (Phi) is 3.37. The van der Waals surface area contributed by atoms with Crippen molar-refractivity contribution in [2.75, 3.05) is 0 Å². The summed E-state index contributed by atoms with van der Waals surface area (Å²) in [7, 11) is 1.33. The van der Waals surface area contributed by atoms with Crippen molar-refractivity contribution in [2.45, 2.75) is 0 Å². The fourth-order valence-corrected chi connectivity index (χ4v) is 4.64. The molecule has 1 aromatic heterocycles. The molecule has 4 rings (SSSR count). The fourth-order valence-electron chi connectivity index (χ4n) is 2.80. The van der Waals surface area contributed by atoms with Gasteiger partial charge < -0.3 is 0 Å². The molecule has 0 fully saturated rings. The standard InChI is InChI=1S/C17H10ClNO2S2/c18-23(20,21)19-14-10-9-13-16-12(14)7-4-8-15(16)22-17(13)11-5-2-1-3-6-11/h1-10H/b19-14+. The number of nitrogens with zero attached hydrogens (tertiary/aromatic N) is 1. The van der Waals surface area contributed by atoms with Gasteiger partial charge in [0.05, 0.1) is 5.71 Å². The van der Waals surface area contributed by atoms with E-state index in [-0.39, 0.29) is 0 Å². The van der Waals surface area contributed by atoms with Gasteiger partial charge in [-0.2, -0.15) is 8.42 Å². The second kappa shape index (κ2) is 5.30. The molecule has 6 heteroatoms. The van der Waals surface area contributed by atoms with Crippen LogP contribution in [-0.2, 0) is 9.24 Å². The molecule has 3 nitrogen and oxygen atoms in total. The van der Waals surface area contributed by atoms with Crippen LogP contribution in [0.25, 0.3) is 26.6 Å². The highest BCUT2D eigenvalue weighted by Crippen LogP contribution is 2.42. The van der Waals surface area contributed by atoms with Gasteiger partial charge in [-0.05, 0) is 17.7 Å². The molecule has 1 aliphatic rings. The summed E-state index contributed by atoms with van der Waals surface area (Å²) in [6.45, 7) is 0. The molecule has 0 saturated heterocycles. The zero-order valence-corrected chi connectivity index (χ0v) is 14.1. The van der Waals surface area contributed by atoms with Crippen LogP contribution in [0.4, 0.5) is 0 Å². The number of hydrogen-bond donors (Lipinski definition) is 0. The molecule has 1 heterocycles. The molecule has 0 saturated carbocycles. The summed E-state index contributed by atoms with van der Waals surface area (Å²) in [5.74, 6) is 0. The molecule has 0 N–H and O–H groups in total. The first-order chi connectivity index (χ1) is 11.0. The molecular weight excluding hydrogens is 350 g/mol. The van der Waals surface area contributed by atoms with Gasteiger partial charge in [0.1, 0.15) is 0 Å². The van der Waals surface area contributed by atoms with E-state index in [1.807, 2.05) is 42.5 Å². The SMILES string of the molecule is O=S(=O)(Cl)/N=C1\C=Cc2c(-c3ccccc3)sc3cccc1c23. The van der Waals surface area contributed by atoms with Gasteiger partial charge in [-0.25, -0.2) is 0 Å². The summed E-state index contributed by atoms with van der Waals surface area (Å²) in [5.41, 5.74) is 3.40. The van der Waals surface area contributed by atoms with Crippen LogP contribution in [-0.4, -0.2) is 14.1 Å². The van der Waals surface area contributed by atoms with Crippen LogP contribution >= 0.6 is 22.0 Å². The molecular formula is C17H10ClNO2S2. The predicted molar refractivity (Wildman–Crippen MR) is 97.6 cm³/mol. The van der Waals surface area contributed by atoms with E-state index in [1.54, 1.807) is 17.4 Å². The third kappa shape index (κ3) is 2.61. The second-order valence-corrected chi connectivity index (χ2v) is 8.34. The van der Waals surface area contributed by atoms with E-state index in [9.17, 15) is 8.42 Å². The average molecular weight is 360 g/mol. The van der Waals surface area contributed by atoms with Crippen LogP contribution in [0.1, 0.15) is 11.1 Å². The van der Waals surface area contributed by atoms with E-state index in [0.717, 1.165) is 31.7 Å². The first-order valence-corrected chi connectivity index (χ1v) is 9.95. The lowest BCUT2D eigenvalue weighted by atomic mass is 9.94. The maximum atomic E-state index is 11.3. The molecule has 0 spiro atoms. The third-order valence-corrected chi connectivity index (χ3v) is 5.52. The number of thiophene rings is 1. The van der Waals surface area contributed by atoms with Crippen molar-refractivity contribution in [1.82, 2.24) is 0 Å². The van der Waals surface area contributed by atoms with Crippen LogP contribution in [0.5, 0.6) is 0 Å². The lowest BCUT2D eigenvalue weighted by molar-refractivity contribution is 0.611. The van der Waals surface area contributed by atoms with Gasteiger partial charge in [0.25, 0.3) is 0 Å². The number of allylic oxidation sites excluding steroid dienone is 1. The van der Waals surface area contributed by atoms with Gasteiger partial charge in [-0.3, -0.25) is 0 Å². The van der Waals surface area contributed by atoms with Crippen molar-refractivity contribution in [2.24, 2.45) is 4.40 Å². The topological polar surface area (TPSA) is 46.5 Å². The van der Waals surface area contributed by atoms with E-state index in [0.29, 0.717) is 5.71 Å². The highest BCUT2D eigenvalue weighted by atomic mass is 35.7. The average Bonchev–Trinajstić information content (AvgIpc) is 2.90. The molecule has 0 aliphatic heterocycles. The normalized spacial score (nSPS) is 15.4. The minimum absolute atomic E-state index is 0.371. The lowest BCUT2D eigenvalue weighted by Crippen LogP contribution is -2.03. The molecule has 0 amide bonds. The van der Waals surface area contributed by atoms with Gasteiger partial charge in [0.2, 0.25) is 0 Å². The number of benzene rings is 2. The summed E-state index contributed by atoms with van der Waals surface area (Å²) in [6, 6.07) is 16.0. The van der Waals surface area contributed by atoms with E-state index in [4.69, 9.17) is 10.7 Å². The van der Waals surface area contributed by atoms with Gasteiger partial charge in [0, 0.05) is 36.8 Å². The Bertz CT molecular complexity index is 1080. The van der Waals surface area contributed by atoms with Crippen molar-refractivity contribution in [1.29, 1.82) is 0 Å². The summed E-state index contributed by atoms with van der Waals surface area (Å²) in [4.78, 5) is 1.16. The van der Waals surface area contributed by atoms with Gasteiger partial charge in [0.15, 0.2) is 0 Å². The zero-order valence-electron chi connectivity index (χ0n) is 11.7. The molecule has 0 bridgehead atoms. The summed E-state index contributed by atoms with van der Waals surface area (Å²) in [5, 5.41) is 1.03. The van der Waals surface area contributed by atoms with Crippen molar-refractivity contribution in [3.63, 3.8) is 0 Å². The highest BCUT2D eigenvalue weighted by Gasteiger charge is 2.21. The molecule has 1 aliphatic carbocycles. The Morgan fingerprint density at radius 1 is 0.957 bits per heavy atom. The second-order valence-electron chi connectivity index (χ2n) is 5.11. The lowest BCUT2D eigenvalue weighted by Gasteiger charge is -2.10.